The lowest BCUT2D eigenvalue weighted by molar-refractivity contribution is -0.142. The van der Waals surface area contributed by atoms with Gasteiger partial charge in [0.05, 0.1) is 18.6 Å². The Kier molecular flexibility index (Phi) is 5.43. The highest BCUT2D eigenvalue weighted by atomic mass is 35.5. The number of alkyl halides is 2. The van der Waals surface area contributed by atoms with E-state index in [0.29, 0.717) is 5.56 Å². The van der Waals surface area contributed by atoms with Crippen LogP contribution in [0.3, 0.4) is 0 Å². The average molecular weight is 279 g/mol. The van der Waals surface area contributed by atoms with E-state index in [1.165, 1.54) is 6.20 Å². The number of halogens is 3. The third-order valence-electron chi connectivity index (χ3n) is 2.33. The fourth-order valence-electron chi connectivity index (χ4n) is 1.54. The average Bonchev–Trinajstić information content (AvgIpc) is 2.29. The molecule has 0 saturated heterocycles. The van der Waals surface area contributed by atoms with E-state index < -0.39 is 18.0 Å². The molecule has 0 unspecified atom stereocenters. The van der Waals surface area contributed by atoms with Crippen LogP contribution in [-0.4, -0.2) is 17.6 Å². The van der Waals surface area contributed by atoms with E-state index in [1.54, 1.807) is 6.92 Å². The van der Waals surface area contributed by atoms with E-state index in [4.69, 9.17) is 22.1 Å². The van der Waals surface area contributed by atoms with Crippen molar-refractivity contribution < 1.29 is 18.3 Å². The first-order chi connectivity index (χ1) is 8.51. The first-order valence-corrected chi connectivity index (χ1v) is 5.69. The zero-order chi connectivity index (χ0) is 13.7. The Hall–Kier alpha value is -1.27. The summed E-state index contributed by atoms with van der Waals surface area (Å²) in [7, 11) is 0. The van der Waals surface area contributed by atoms with Crippen LogP contribution in [0.2, 0.25) is 5.15 Å². The number of esters is 1. The Balaban J connectivity index is 3.19. The molecular formula is C11H13ClF2N2O2. The molecule has 0 aliphatic heterocycles. The van der Waals surface area contributed by atoms with E-state index in [2.05, 4.69) is 4.98 Å². The van der Waals surface area contributed by atoms with E-state index in [-0.39, 0.29) is 30.3 Å². The van der Waals surface area contributed by atoms with Gasteiger partial charge >= 0.3 is 5.97 Å². The highest BCUT2D eigenvalue weighted by molar-refractivity contribution is 6.30. The molecule has 0 saturated carbocycles. The molecule has 0 radical (unpaired) electrons. The van der Waals surface area contributed by atoms with Crippen LogP contribution in [0.4, 0.5) is 8.78 Å². The van der Waals surface area contributed by atoms with E-state index >= 15 is 0 Å². The molecule has 18 heavy (non-hydrogen) atoms. The Labute approximate surface area is 108 Å². The summed E-state index contributed by atoms with van der Waals surface area (Å²) in [5.74, 6) is -0.601. The minimum atomic E-state index is -2.82. The van der Waals surface area contributed by atoms with Crippen molar-refractivity contribution in [2.75, 3.05) is 6.61 Å². The maximum atomic E-state index is 12.9. The minimum absolute atomic E-state index is 0.00136. The lowest BCUT2D eigenvalue weighted by atomic mass is 10.0. The van der Waals surface area contributed by atoms with Gasteiger partial charge in [0.15, 0.2) is 0 Å². The number of hydrogen-bond acceptors (Lipinski definition) is 4. The lowest BCUT2D eigenvalue weighted by Crippen LogP contribution is -2.14. The summed E-state index contributed by atoms with van der Waals surface area (Å²) in [5, 5.41) is -0.318. The van der Waals surface area contributed by atoms with Crippen LogP contribution in [0, 0.1) is 0 Å². The van der Waals surface area contributed by atoms with Gasteiger partial charge in [-0.3, -0.25) is 4.79 Å². The molecule has 0 bridgehead atoms. The van der Waals surface area contributed by atoms with Gasteiger partial charge in [0.2, 0.25) is 0 Å². The number of ether oxygens (including phenoxy) is 1. The Morgan fingerprint density at radius 1 is 1.61 bits per heavy atom. The van der Waals surface area contributed by atoms with Gasteiger partial charge in [0, 0.05) is 12.7 Å². The topological polar surface area (TPSA) is 65.2 Å². The van der Waals surface area contributed by atoms with Crippen molar-refractivity contribution in [2.45, 2.75) is 26.3 Å². The van der Waals surface area contributed by atoms with Gasteiger partial charge in [0.25, 0.3) is 6.43 Å². The molecule has 0 atom stereocenters. The standard InChI is InChI=1S/C11H13ClF2N2O2/c1-2-18-8(17)3-7-6(4-15)5-16-10(12)9(7)11(13)14/h5,11H,2-4,15H2,1H3. The number of carbonyl (C=O) groups excluding carboxylic acids is 1. The van der Waals surface area contributed by atoms with Crippen molar-refractivity contribution in [3.63, 3.8) is 0 Å². The number of pyridine rings is 1. The number of hydrogen-bond donors (Lipinski definition) is 1. The zero-order valence-corrected chi connectivity index (χ0v) is 10.5. The molecule has 7 heteroatoms. The van der Waals surface area contributed by atoms with Crippen molar-refractivity contribution in [3.05, 3.63) is 28.0 Å². The van der Waals surface area contributed by atoms with Crippen LogP contribution < -0.4 is 5.73 Å². The third kappa shape index (κ3) is 3.36. The smallest absolute Gasteiger partial charge is 0.310 e. The highest BCUT2D eigenvalue weighted by Crippen LogP contribution is 2.31. The molecule has 0 fully saturated rings. The molecule has 0 amide bonds. The number of nitrogens with two attached hydrogens (primary N) is 1. The van der Waals surface area contributed by atoms with Gasteiger partial charge in [-0.15, -0.1) is 0 Å². The summed E-state index contributed by atoms with van der Waals surface area (Å²) in [6.07, 6.45) is -1.81. The Morgan fingerprint density at radius 2 is 2.28 bits per heavy atom. The number of nitrogens with zero attached hydrogens (tertiary/aromatic N) is 1. The first-order valence-electron chi connectivity index (χ1n) is 5.31. The predicted octanol–water partition coefficient (Wildman–Crippen LogP) is 2.24. The van der Waals surface area contributed by atoms with Gasteiger partial charge < -0.3 is 10.5 Å². The predicted molar refractivity (Wildman–Crippen MR) is 62.4 cm³/mol. The second kappa shape index (κ2) is 6.61. The van der Waals surface area contributed by atoms with Crippen LogP contribution in [0.1, 0.15) is 30.0 Å². The molecule has 0 aromatic carbocycles. The van der Waals surface area contributed by atoms with Gasteiger partial charge in [-0.25, -0.2) is 13.8 Å². The van der Waals surface area contributed by atoms with Crippen LogP contribution >= 0.6 is 11.6 Å². The largest absolute Gasteiger partial charge is 0.466 e. The van der Waals surface area contributed by atoms with Crippen LogP contribution in [0.15, 0.2) is 6.20 Å². The maximum absolute atomic E-state index is 12.9. The van der Waals surface area contributed by atoms with E-state index in [9.17, 15) is 13.6 Å². The van der Waals surface area contributed by atoms with Crippen molar-refractivity contribution in [1.29, 1.82) is 0 Å². The van der Waals surface area contributed by atoms with Gasteiger partial charge in [0.1, 0.15) is 5.15 Å². The van der Waals surface area contributed by atoms with Gasteiger partial charge in [-0.05, 0) is 18.1 Å². The summed E-state index contributed by atoms with van der Waals surface area (Å²) >= 11 is 5.63. The van der Waals surface area contributed by atoms with Crippen LogP contribution in [0.5, 0.6) is 0 Å². The summed E-state index contributed by atoms with van der Waals surface area (Å²) in [6.45, 7) is 1.81. The number of aromatic nitrogens is 1. The van der Waals surface area contributed by atoms with Crippen molar-refractivity contribution in [3.8, 4) is 0 Å². The third-order valence-corrected chi connectivity index (χ3v) is 2.63. The molecule has 0 aliphatic rings. The highest BCUT2D eigenvalue weighted by Gasteiger charge is 2.23. The van der Waals surface area contributed by atoms with Crippen molar-refractivity contribution in [2.24, 2.45) is 5.73 Å². The summed E-state index contributed by atoms with van der Waals surface area (Å²) in [4.78, 5) is 15.0. The second-order valence-corrected chi connectivity index (χ2v) is 3.81. The number of carbonyl (C=O) groups is 1. The van der Waals surface area contributed by atoms with E-state index in [1.807, 2.05) is 0 Å². The molecule has 2 N–H and O–H groups in total. The Morgan fingerprint density at radius 3 is 2.78 bits per heavy atom. The summed E-state index contributed by atoms with van der Waals surface area (Å²) in [5.41, 5.74) is 5.45. The van der Waals surface area contributed by atoms with Crippen molar-refractivity contribution in [1.82, 2.24) is 4.98 Å². The lowest BCUT2D eigenvalue weighted by Gasteiger charge is -2.13. The fourth-order valence-corrected chi connectivity index (χ4v) is 1.79. The zero-order valence-electron chi connectivity index (χ0n) is 9.75. The van der Waals surface area contributed by atoms with E-state index in [0.717, 1.165) is 0 Å². The van der Waals surface area contributed by atoms with Gasteiger partial charge in [-0.1, -0.05) is 11.6 Å². The van der Waals surface area contributed by atoms with Crippen LogP contribution in [-0.2, 0) is 22.5 Å². The summed E-state index contributed by atoms with van der Waals surface area (Å²) < 4.78 is 30.6. The fraction of sp³-hybridized carbons (Fsp3) is 0.455. The molecule has 1 rings (SSSR count). The van der Waals surface area contributed by atoms with Crippen molar-refractivity contribution >= 4 is 17.6 Å². The Bertz CT molecular complexity index is 441. The molecule has 4 nitrogen and oxygen atoms in total. The van der Waals surface area contributed by atoms with Gasteiger partial charge in [-0.2, -0.15) is 0 Å². The number of rotatable bonds is 5. The first kappa shape index (κ1) is 14.8. The molecular weight excluding hydrogens is 266 g/mol. The molecule has 1 heterocycles. The quantitative estimate of drug-likeness (QED) is 0.663. The normalized spacial score (nSPS) is 10.8. The summed E-state index contributed by atoms with van der Waals surface area (Å²) in [6, 6.07) is 0. The molecule has 0 aliphatic carbocycles. The monoisotopic (exact) mass is 278 g/mol. The molecule has 1 aromatic heterocycles. The SMILES string of the molecule is CCOC(=O)Cc1c(CN)cnc(Cl)c1C(F)F. The molecule has 0 spiro atoms. The molecule has 1 aromatic rings. The minimum Gasteiger partial charge on any atom is -0.466 e. The van der Waals surface area contributed by atoms with Crippen LogP contribution in [0.25, 0.3) is 0 Å². The molecule has 100 valence electrons. The maximum Gasteiger partial charge on any atom is 0.310 e. The second-order valence-electron chi connectivity index (χ2n) is 3.45.